The van der Waals surface area contributed by atoms with Gasteiger partial charge in [-0.15, -0.1) is 0 Å². The second-order valence-corrected chi connectivity index (χ2v) is 11.4. The summed E-state index contributed by atoms with van der Waals surface area (Å²) in [4.78, 5) is 2.23. The van der Waals surface area contributed by atoms with Crippen molar-refractivity contribution < 1.29 is 0 Å². The Morgan fingerprint density at radius 1 is 0.593 bits per heavy atom. The summed E-state index contributed by atoms with van der Waals surface area (Å²) in [6.07, 6.45) is 0. The normalized spacial score (nSPS) is 12.1. The number of hydrogen-bond donors (Lipinski definition) is 0. The van der Waals surface area contributed by atoms with Crippen molar-refractivity contribution >= 4 is 39.6 Å². The van der Waals surface area contributed by atoms with Crippen LogP contribution in [0.15, 0.2) is 97.1 Å². The number of fused-ring (bicyclic) bond motifs is 1. The third-order valence-corrected chi connectivity index (χ3v) is 10.1. The Morgan fingerprint density at radius 3 is 1.63 bits per heavy atom. The molecular weight excluding hydrogens is 345 g/mol. The van der Waals surface area contributed by atoms with E-state index in [4.69, 9.17) is 0 Å². The van der Waals surface area contributed by atoms with Gasteiger partial charge in [-0.1, -0.05) is 0 Å². The van der Waals surface area contributed by atoms with Crippen molar-refractivity contribution in [3.8, 4) is 0 Å². The fraction of sp³-hybridized carbons (Fsp3) is 0.120. The molecule has 4 aromatic carbocycles. The molecule has 0 radical (unpaired) electrons. The van der Waals surface area contributed by atoms with Gasteiger partial charge in [0.15, 0.2) is 0 Å². The third-order valence-electron chi connectivity index (χ3n) is 5.61. The Bertz CT molecular complexity index is 1010. The van der Waals surface area contributed by atoms with Gasteiger partial charge in [0.25, 0.3) is 0 Å². The molecule has 0 aliphatic carbocycles. The predicted octanol–water partition coefficient (Wildman–Crippen LogP) is 4.56. The number of hydrogen-bond acceptors (Lipinski definition) is 1. The fourth-order valence-corrected chi connectivity index (χ4v) is 8.01. The molecule has 4 aromatic rings. The first-order valence-electron chi connectivity index (χ1n) is 9.43. The van der Waals surface area contributed by atoms with Crippen LogP contribution in [-0.2, 0) is 0 Å². The van der Waals surface area contributed by atoms with Crippen LogP contribution in [0.25, 0.3) is 10.8 Å². The van der Waals surface area contributed by atoms with E-state index in [1.165, 1.54) is 32.4 Å². The monoisotopic (exact) mass is 371 g/mol. The number of anilines is 1. The van der Waals surface area contributed by atoms with Crippen molar-refractivity contribution in [2.45, 2.75) is 0 Å². The molecule has 2 heteroatoms. The molecule has 0 aliphatic rings. The van der Waals surface area contributed by atoms with Gasteiger partial charge in [0.05, 0.1) is 0 Å². The van der Waals surface area contributed by atoms with E-state index >= 15 is 0 Å². The summed E-state index contributed by atoms with van der Waals surface area (Å²) in [5.41, 5.74) is 1.29. The molecular formula is C25H26NP. The minimum atomic E-state index is -2.15. The molecule has 0 aliphatic heterocycles. The van der Waals surface area contributed by atoms with Crippen molar-refractivity contribution in [2.75, 3.05) is 25.7 Å². The van der Waals surface area contributed by atoms with E-state index in [0.717, 1.165) is 0 Å². The molecule has 27 heavy (non-hydrogen) atoms. The van der Waals surface area contributed by atoms with E-state index < -0.39 is 7.26 Å². The fourth-order valence-electron chi connectivity index (χ4n) is 4.13. The molecule has 0 unspecified atom stereocenters. The number of rotatable bonds is 4. The van der Waals surface area contributed by atoms with E-state index in [2.05, 4.69) is 123 Å². The van der Waals surface area contributed by atoms with Gasteiger partial charge in [-0.2, -0.15) is 0 Å². The van der Waals surface area contributed by atoms with Crippen LogP contribution in [0, 0.1) is 0 Å². The van der Waals surface area contributed by atoms with Gasteiger partial charge in [0.2, 0.25) is 0 Å². The molecule has 0 heterocycles. The van der Waals surface area contributed by atoms with Crippen molar-refractivity contribution in [1.82, 2.24) is 0 Å². The van der Waals surface area contributed by atoms with Crippen LogP contribution in [0.4, 0.5) is 5.69 Å². The predicted molar refractivity (Wildman–Crippen MR) is 124 cm³/mol. The second-order valence-electron chi connectivity index (χ2n) is 7.43. The molecule has 0 aromatic heterocycles. The van der Waals surface area contributed by atoms with Gasteiger partial charge >= 0.3 is 162 Å². The first kappa shape index (κ1) is 17.8. The molecule has 0 atom stereocenters. The molecule has 0 bridgehead atoms. The van der Waals surface area contributed by atoms with Gasteiger partial charge in [0.1, 0.15) is 0 Å². The zero-order valence-corrected chi connectivity index (χ0v) is 17.2. The average Bonchev–Trinajstić information content (AvgIpc) is 2.73. The number of nitrogens with zero attached hydrogens (tertiary/aromatic N) is 1. The Balaban J connectivity index is 2.12. The molecule has 0 amide bonds. The van der Waals surface area contributed by atoms with Crippen LogP contribution in [0.5, 0.6) is 0 Å². The van der Waals surface area contributed by atoms with E-state index in [0.29, 0.717) is 0 Å². The van der Waals surface area contributed by atoms with Gasteiger partial charge in [-0.3, -0.25) is 0 Å². The molecule has 0 fully saturated rings. The topological polar surface area (TPSA) is 3.24 Å². The van der Waals surface area contributed by atoms with Crippen LogP contribution < -0.4 is 20.8 Å². The van der Waals surface area contributed by atoms with Gasteiger partial charge in [0, 0.05) is 0 Å². The molecule has 136 valence electrons. The summed E-state index contributed by atoms with van der Waals surface area (Å²) < 4.78 is 0. The number of benzene rings is 4. The first-order valence-corrected chi connectivity index (χ1v) is 11.9. The summed E-state index contributed by atoms with van der Waals surface area (Å²) in [5.74, 6) is 0. The summed E-state index contributed by atoms with van der Waals surface area (Å²) >= 11 is 0. The Hall–Kier alpha value is -2.63. The summed E-state index contributed by atoms with van der Waals surface area (Å²) in [6.45, 7) is 2.48. The summed E-state index contributed by atoms with van der Waals surface area (Å²) in [5, 5.41) is 7.05. The summed E-state index contributed by atoms with van der Waals surface area (Å²) in [6, 6.07) is 35.5. The van der Waals surface area contributed by atoms with E-state index in [1.54, 1.807) is 0 Å². The van der Waals surface area contributed by atoms with Crippen LogP contribution in [0.2, 0.25) is 0 Å². The average molecular weight is 371 g/mol. The molecule has 0 saturated heterocycles. The standard InChI is InChI=1S/C25H26NP/c1-26(2)23-18-10-12-20-13-11-19-24(25(20)23)27(3,21-14-6-4-7-15-21)22-16-8-5-9-17-22/h4-19,27H,1-3H3. The minimum absolute atomic E-state index is 1.29. The van der Waals surface area contributed by atoms with Crippen molar-refractivity contribution in [3.05, 3.63) is 97.1 Å². The van der Waals surface area contributed by atoms with Crippen molar-refractivity contribution in [1.29, 1.82) is 0 Å². The van der Waals surface area contributed by atoms with Crippen LogP contribution in [0.1, 0.15) is 0 Å². The molecule has 4 rings (SSSR count). The maximum absolute atomic E-state index is 2.48. The molecule has 0 saturated carbocycles. The zero-order valence-electron chi connectivity index (χ0n) is 16.2. The maximum atomic E-state index is 2.48. The van der Waals surface area contributed by atoms with Gasteiger partial charge in [-0.05, 0) is 0 Å². The Kier molecular flexibility index (Phi) is 4.72. The van der Waals surface area contributed by atoms with E-state index in [-0.39, 0.29) is 0 Å². The van der Waals surface area contributed by atoms with Crippen molar-refractivity contribution in [3.63, 3.8) is 0 Å². The SMILES string of the molecule is CN(C)c1cccc2cccc([PH](C)(c3ccccc3)c3ccccc3)c12. The first-order chi connectivity index (χ1) is 13.1. The zero-order chi connectivity index (χ0) is 18.9. The van der Waals surface area contributed by atoms with E-state index in [1.807, 2.05) is 0 Å². The van der Waals surface area contributed by atoms with Crippen LogP contribution in [-0.4, -0.2) is 20.8 Å². The molecule has 1 nitrogen and oxygen atoms in total. The summed E-state index contributed by atoms with van der Waals surface area (Å²) in [7, 11) is 2.12. The molecule has 0 spiro atoms. The van der Waals surface area contributed by atoms with Gasteiger partial charge in [-0.25, -0.2) is 0 Å². The van der Waals surface area contributed by atoms with Gasteiger partial charge < -0.3 is 0 Å². The second kappa shape index (κ2) is 7.18. The van der Waals surface area contributed by atoms with E-state index in [9.17, 15) is 0 Å². The quantitative estimate of drug-likeness (QED) is 0.475. The van der Waals surface area contributed by atoms with Crippen LogP contribution in [0.3, 0.4) is 0 Å². The Labute approximate surface area is 162 Å². The van der Waals surface area contributed by atoms with Crippen molar-refractivity contribution in [2.24, 2.45) is 0 Å². The molecule has 0 N–H and O–H groups in total. The van der Waals surface area contributed by atoms with Crippen LogP contribution >= 0.6 is 7.26 Å². The third kappa shape index (κ3) is 3.03. The Morgan fingerprint density at radius 2 is 1.11 bits per heavy atom.